The van der Waals surface area contributed by atoms with Crippen LogP contribution in [0.2, 0.25) is 0 Å². The zero-order chi connectivity index (χ0) is 14.9. The summed E-state index contributed by atoms with van der Waals surface area (Å²) in [4.78, 5) is 35.7. The molecule has 1 aliphatic rings. The molecule has 1 amide bonds. The van der Waals surface area contributed by atoms with E-state index in [9.17, 15) is 14.4 Å². The third-order valence-electron chi connectivity index (χ3n) is 3.04. The van der Waals surface area contributed by atoms with Crippen molar-refractivity contribution in [2.75, 3.05) is 19.1 Å². The first-order valence-corrected chi connectivity index (χ1v) is 5.79. The molecular weight excluding hydrogens is 266 g/mol. The Morgan fingerprint density at radius 1 is 1.30 bits per heavy atom. The van der Waals surface area contributed by atoms with E-state index in [1.807, 2.05) is 0 Å². The minimum atomic E-state index is -1.52. The van der Waals surface area contributed by atoms with Gasteiger partial charge in [0, 0.05) is 6.07 Å². The third-order valence-corrected chi connectivity index (χ3v) is 3.04. The quantitative estimate of drug-likeness (QED) is 0.805. The highest BCUT2D eigenvalue weighted by Gasteiger charge is 2.45. The summed E-state index contributed by atoms with van der Waals surface area (Å²) in [5.74, 6) is -1.87. The molecule has 1 unspecified atom stereocenters. The van der Waals surface area contributed by atoms with Gasteiger partial charge in [0.15, 0.2) is 11.8 Å². The number of rotatable bonds is 4. The molecule has 0 saturated carbocycles. The molecule has 1 aliphatic heterocycles. The van der Waals surface area contributed by atoms with E-state index >= 15 is 0 Å². The van der Waals surface area contributed by atoms with Gasteiger partial charge in [-0.15, -0.1) is 0 Å². The summed E-state index contributed by atoms with van der Waals surface area (Å²) >= 11 is 0. The van der Waals surface area contributed by atoms with Crippen molar-refractivity contribution in [2.45, 2.75) is 12.5 Å². The predicted octanol–water partition coefficient (Wildman–Crippen LogP) is 0.463. The van der Waals surface area contributed by atoms with Crippen LogP contribution in [0.1, 0.15) is 6.42 Å². The minimum absolute atomic E-state index is 0.204. The normalized spacial score (nSPS) is 18.3. The lowest BCUT2D eigenvalue weighted by atomic mass is 10.2. The molecule has 2 rings (SSSR count). The van der Waals surface area contributed by atoms with Gasteiger partial charge >= 0.3 is 5.97 Å². The molecule has 1 saturated heterocycles. The van der Waals surface area contributed by atoms with Gasteiger partial charge in [-0.25, -0.2) is 4.79 Å². The van der Waals surface area contributed by atoms with Gasteiger partial charge in [0.2, 0.25) is 5.91 Å². The molecular formula is C13H13NO6. The lowest BCUT2D eigenvalue weighted by Gasteiger charge is -2.23. The average Bonchev–Trinajstić information content (AvgIpc) is 2.72. The monoisotopic (exact) mass is 279 g/mol. The maximum Gasteiger partial charge on any atom is 0.334 e. The Balaban J connectivity index is 2.55. The fourth-order valence-electron chi connectivity index (χ4n) is 2.13. The van der Waals surface area contributed by atoms with Gasteiger partial charge in [-0.05, 0) is 12.1 Å². The van der Waals surface area contributed by atoms with Gasteiger partial charge in [-0.2, -0.15) is 0 Å². The number of anilines is 1. The number of Topliss-reactive ketones (excluding diaryl/α,β-unsaturated/α-hetero) is 1. The zero-order valence-electron chi connectivity index (χ0n) is 11.0. The topological polar surface area (TPSA) is 93.1 Å². The standard InChI is InChI=1S/C13H13NO6/c1-19-7-3-4-10(20-2)8(5-7)14-11(16)6-9(15)12(14)13(17)18/h3-5,12H,6H2,1-2H3,(H,17,18). The van der Waals surface area contributed by atoms with E-state index in [1.54, 1.807) is 12.1 Å². The number of benzene rings is 1. The maximum absolute atomic E-state index is 11.9. The average molecular weight is 279 g/mol. The van der Waals surface area contributed by atoms with Gasteiger partial charge in [-0.3, -0.25) is 14.5 Å². The van der Waals surface area contributed by atoms with E-state index in [2.05, 4.69) is 0 Å². The molecule has 0 aromatic heterocycles. The number of carbonyl (C=O) groups excluding carboxylic acids is 2. The molecule has 0 aliphatic carbocycles. The Bertz CT molecular complexity index is 582. The van der Waals surface area contributed by atoms with Crippen LogP contribution in [-0.2, 0) is 14.4 Å². The van der Waals surface area contributed by atoms with E-state index in [1.165, 1.54) is 20.3 Å². The Morgan fingerprint density at radius 3 is 2.55 bits per heavy atom. The molecule has 7 nitrogen and oxygen atoms in total. The Hall–Kier alpha value is -2.57. The number of carbonyl (C=O) groups is 3. The van der Waals surface area contributed by atoms with Crippen molar-refractivity contribution in [3.63, 3.8) is 0 Å². The Kier molecular flexibility index (Phi) is 3.60. The summed E-state index contributed by atoms with van der Waals surface area (Å²) in [5.41, 5.74) is 0.204. The van der Waals surface area contributed by atoms with Crippen molar-refractivity contribution in [1.29, 1.82) is 0 Å². The van der Waals surface area contributed by atoms with Gasteiger partial charge in [0.05, 0.1) is 26.3 Å². The summed E-state index contributed by atoms with van der Waals surface area (Å²) in [6, 6.07) is 3.10. The van der Waals surface area contributed by atoms with Crippen LogP contribution in [0.15, 0.2) is 18.2 Å². The molecule has 7 heteroatoms. The van der Waals surface area contributed by atoms with Crippen molar-refractivity contribution in [1.82, 2.24) is 0 Å². The molecule has 0 radical (unpaired) electrons. The molecule has 0 bridgehead atoms. The maximum atomic E-state index is 11.9. The van der Waals surface area contributed by atoms with Crippen LogP contribution in [0.3, 0.4) is 0 Å². The van der Waals surface area contributed by atoms with Gasteiger partial charge in [0.1, 0.15) is 11.5 Å². The number of carboxylic acid groups (broad SMARTS) is 1. The number of carboxylic acids is 1. The summed E-state index contributed by atoms with van der Waals surface area (Å²) in [5, 5.41) is 9.14. The minimum Gasteiger partial charge on any atom is -0.497 e. The lowest BCUT2D eigenvalue weighted by Crippen LogP contribution is -2.41. The summed E-state index contributed by atoms with van der Waals surface area (Å²) < 4.78 is 10.2. The van der Waals surface area contributed by atoms with Crippen LogP contribution >= 0.6 is 0 Å². The van der Waals surface area contributed by atoms with Crippen LogP contribution in [0.5, 0.6) is 11.5 Å². The first-order valence-electron chi connectivity index (χ1n) is 5.79. The number of ketones is 1. The summed E-state index contributed by atoms with van der Waals surface area (Å²) in [7, 11) is 2.83. The van der Waals surface area contributed by atoms with Crippen LogP contribution in [0, 0.1) is 0 Å². The fourth-order valence-corrected chi connectivity index (χ4v) is 2.13. The predicted molar refractivity (Wildman–Crippen MR) is 68.1 cm³/mol. The lowest BCUT2D eigenvalue weighted by molar-refractivity contribution is -0.141. The largest absolute Gasteiger partial charge is 0.497 e. The smallest absolute Gasteiger partial charge is 0.334 e. The second-order valence-corrected chi connectivity index (χ2v) is 4.19. The van der Waals surface area contributed by atoms with Crippen molar-refractivity contribution in [3.8, 4) is 11.5 Å². The number of methoxy groups -OCH3 is 2. The molecule has 1 N–H and O–H groups in total. The second-order valence-electron chi connectivity index (χ2n) is 4.19. The van der Waals surface area contributed by atoms with Crippen LogP contribution in [0.25, 0.3) is 0 Å². The van der Waals surface area contributed by atoms with Crippen LogP contribution < -0.4 is 14.4 Å². The van der Waals surface area contributed by atoms with Crippen molar-refractivity contribution >= 4 is 23.3 Å². The van der Waals surface area contributed by atoms with Crippen molar-refractivity contribution < 1.29 is 29.0 Å². The molecule has 1 heterocycles. The first-order chi connectivity index (χ1) is 9.49. The number of aliphatic carboxylic acids is 1. The van der Waals surface area contributed by atoms with Gasteiger partial charge in [0.25, 0.3) is 0 Å². The van der Waals surface area contributed by atoms with Crippen molar-refractivity contribution in [3.05, 3.63) is 18.2 Å². The first kappa shape index (κ1) is 13.9. The van der Waals surface area contributed by atoms with E-state index in [0.717, 1.165) is 4.90 Å². The van der Waals surface area contributed by atoms with Crippen LogP contribution in [0.4, 0.5) is 5.69 Å². The summed E-state index contributed by atoms with van der Waals surface area (Å²) in [6.07, 6.45) is -0.433. The van der Waals surface area contributed by atoms with Crippen molar-refractivity contribution in [2.24, 2.45) is 0 Å². The van der Waals surface area contributed by atoms with E-state index in [0.29, 0.717) is 11.5 Å². The molecule has 20 heavy (non-hydrogen) atoms. The van der Waals surface area contributed by atoms with E-state index in [4.69, 9.17) is 14.6 Å². The number of nitrogens with zero attached hydrogens (tertiary/aromatic N) is 1. The molecule has 1 atom stereocenters. The second kappa shape index (κ2) is 5.20. The highest BCUT2D eigenvalue weighted by molar-refractivity contribution is 6.25. The molecule has 1 aromatic rings. The molecule has 106 valence electrons. The highest BCUT2D eigenvalue weighted by Crippen LogP contribution is 2.36. The van der Waals surface area contributed by atoms with Gasteiger partial charge < -0.3 is 14.6 Å². The molecule has 1 fully saturated rings. The van der Waals surface area contributed by atoms with Gasteiger partial charge in [-0.1, -0.05) is 0 Å². The third kappa shape index (κ3) is 2.18. The number of amides is 1. The molecule has 1 aromatic carbocycles. The summed E-state index contributed by atoms with van der Waals surface area (Å²) in [6.45, 7) is 0. The Morgan fingerprint density at radius 2 is 2.00 bits per heavy atom. The number of hydrogen-bond donors (Lipinski definition) is 1. The number of hydrogen-bond acceptors (Lipinski definition) is 5. The fraction of sp³-hybridized carbons (Fsp3) is 0.308. The zero-order valence-corrected chi connectivity index (χ0v) is 11.0. The number of ether oxygens (including phenoxy) is 2. The van der Waals surface area contributed by atoms with E-state index < -0.39 is 30.1 Å². The van der Waals surface area contributed by atoms with E-state index in [-0.39, 0.29) is 5.69 Å². The molecule has 0 spiro atoms. The SMILES string of the molecule is COc1ccc(OC)c(N2C(=O)CC(=O)C2C(=O)O)c1. The van der Waals surface area contributed by atoms with Crippen LogP contribution in [-0.4, -0.2) is 43.0 Å². The highest BCUT2D eigenvalue weighted by atomic mass is 16.5. The Labute approximate surface area is 114 Å².